The smallest absolute Gasteiger partial charge is 0.253 e. The molecule has 4 rings (SSSR count). The lowest BCUT2D eigenvalue weighted by molar-refractivity contribution is 0.0746. The molecule has 1 amide bonds. The molecule has 1 fully saturated rings. The summed E-state index contributed by atoms with van der Waals surface area (Å²) in [6.45, 7) is 7.77. The van der Waals surface area contributed by atoms with Gasteiger partial charge in [0.05, 0.1) is 23.3 Å². The number of fused-ring (bicyclic) bond motifs is 1. The molecule has 0 N–H and O–H groups in total. The molecule has 2 heterocycles. The van der Waals surface area contributed by atoms with Crippen LogP contribution >= 0.6 is 0 Å². The zero-order valence-corrected chi connectivity index (χ0v) is 19.1. The van der Waals surface area contributed by atoms with Gasteiger partial charge in [-0.15, -0.1) is 0 Å². The SMILES string of the molecule is CCCCCCOc1ccc(C(=O)N2CCN(c3nc4ccccc4nc3C)CC2)cc1. The number of amides is 1. The fourth-order valence-corrected chi connectivity index (χ4v) is 4.09. The van der Waals surface area contributed by atoms with Crippen LogP contribution in [0.15, 0.2) is 48.5 Å². The second-order valence-electron chi connectivity index (χ2n) is 8.33. The molecule has 168 valence electrons. The van der Waals surface area contributed by atoms with Crippen LogP contribution < -0.4 is 9.64 Å². The predicted octanol–water partition coefficient (Wildman–Crippen LogP) is 4.86. The number of aromatic nitrogens is 2. The van der Waals surface area contributed by atoms with Crippen molar-refractivity contribution in [3.63, 3.8) is 0 Å². The summed E-state index contributed by atoms with van der Waals surface area (Å²) >= 11 is 0. The molecule has 0 spiro atoms. The predicted molar refractivity (Wildman–Crippen MR) is 128 cm³/mol. The fraction of sp³-hybridized carbons (Fsp3) is 0.423. The highest BCUT2D eigenvalue weighted by atomic mass is 16.5. The Hall–Kier alpha value is -3.15. The van der Waals surface area contributed by atoms with E-state index in [-0.39, 0.29) is 5.91 Å². The maximum atomic E-state index is 13.0. The van der Waals surface area contributed by atoms with Crippen LogP contribution in [0.25, 0.3) is 11.0 Å². The summed E-state index contributed by atoms with van der Waals surface area (Å²) in [5, 5.41) is 0. The van der Waals surface area contributed by atoms with Crippen molar-refractivity contribution in [1.82, 2.24) is 14.9 Å². The Balaban J connectivity index is 1.32. The maximum absolute atomic E-state index is 13.0. The third-order valence-electron chi connectivity index (χ3n) is 5.95. The molecule has 1 saturated heterocycles. The molecule has 1 aromatic heterocycles. The molecule has 0 aliphatic carbocycles. The highest BCUT2D eigenvalue weighted by molar-refractivity contribution is 5.94. The number of hydrogen-bond acceptors (Lipinski definition) is 5. The van der Waals surface area contributed by atoms with Crippen LogP contribution in [0.3, 0.4) is 0 Å². The van der Waals surface area contributed by atoms with E-state index in [1.54, 1.807) is 0 Å². The van der Waals surface area contributed by atoms with Crippen molar-refractivity contribution in [3.8, 4) is 5.75 Å². The summed E-state index contributed by atoms with van der Waals surface area (Å²) in [6.07, 6.45) is 4.74. The number of anilines is 1. The normalized spacial score (nSPS) is 14.1. The summed E-state index contributed by atoms with van der Waals surface area (Å²) < 4.78 is 5.79. The zero-order chi connectivity index (χ0) is 22.3. The van der Waals surface area contributed by atoms with Crippen LogP contribution in [0.5, 0.6) is 5.75 Å². The molecule has 1 aliphatic heterocycles. The van der Waals surface area contributed by atoms with Gasteiger partial charge in [-0.3, -0.25) is 4.79 Å². The lowest BCUT2D eigenvalue weighted by Gasteiger charge is -2.36. The highest BCUT2D eigenvalue weighted by Crippen LogP contribution is 2.22. The second-order valence-corrected chi connectivity index (χ2v) is 8.33. The molecule has 0 radical (unpaired) electrons. The fourth-order valence-electron chi connectivity index (χ4n) is 4.09. The van der Waals surface area contributed by atoms with Crippen molar-refractivity contribution >= 4 is 22.8 Å². The first kappa shape index (κ1) is 22.1. The van der Waals surface area contributed by atoms with Gasteiger partial charge in [0.2, 0.25) is 0 Å². The summed E-state index contributed by atoms with van der Waals surface area (Å²) in [4.78, 5) is 26.6. The standard InChI is InChI=1S/C26H32N4O2/c1-3-4-5-8-19-32-22-13-11-21(12-14-22)26(31)30-17-15-29(16-18-30)25-20(2)27-23-9-6-7-10-24(23)28-25/h6-7,9-14H,3-5,8,15-19H2,1-2H3. The largest absolute Gasteiger partial charge is 0.494 e. The molecule has 0 saturated carbocycles. The Morgan fingerprint density at radius 1 is 0.906 bits per heavy atom. The number of aryl methyl sites for hydroxylation is 1. The molecule has 2 aromatic carbocycles. The van der Waals surface area contributed by atoms with Gasteiger partial charge in [-0.25, -0.2) is 9.97 Å². The monoisotopic (exact) mass is 432 g/mol. The lowest BCUT2D eigenvalue weighted by atomic mass is 10.1. The molecule has 6 heteroatoms. The lowest BCUT2D eigenvalue weighted by Crippen LogP contribution is -2.49. The van der Waals surface area contributed by atoms with E-state index in [0.717, 1.165) is 54.4 Å². The first-order chi connectivity index (χ1) is 15.7. The average Bonchev–Trinajstić information content (AvgIpc) is 2.83. The quantitative estimate of drug-likeness (QED) is 0.476. The number of nitrogens with zero attached hydrogens (tertiary/aromatic N) is 4. The molecule has 6 nitrogen and oxygen atoms in total. The van der Waals surface area contributed by atoms with E-state index in [1.165, 1.54) is 19.3 Å². The van der Waals surface area contributed by atoms with Crippen LogP contribution in [0, 0.1) is 6.92 Å². The molecule has 32 heavy (non-hydrogen) atoms. The Morgan fingerprint density at radius 2 is 1.59 bits per heavy atom. The molecule has 0 atom stereocenters. The van der Waals surface area contributed by atoms with Gasteiger partial charge < -0.3 is 14.5 Å². The summed E-state index contributed by atoms with van der Waals surface area (Å²) in [5.74, 6) is 1.81. The van der Waals surface area contributed by atoms with E-state index in [0.29, 0.717) is 18.7 Å². The minimum Gasteiger partial charge on any atom is -0.494 e. The molecule has 1 aliphatic rings. The number of rotatable bonds is 8. The van der Waals surface area contributed by atoms with Crippen molar-refractivity contribution in [1.29, 1.82) is 0 Å². The second kappa shape index (κ2) is 10.4. The number of carbonyl (C=O) groups is 1. The first-order valence-electron chi connectivity index (χ1n) is 11.7. The van der Waals surface area contributed by atoms with Crippen LogP contribution in [0.1, 0.15) is 48.7 Å². The Bertz CT molecular complexity index is 1040. The number of unbranched alkanes of at least 4 members (excludes halogenated alkanes) is 3. The Morgan fingerprint density at radius 3 is 2.28 bits per heavy atom. The number of ether oxygens (including phenoxy) is 1. The van der Waals surface area contributed by atoms with Crippen LogP contribution in [0.4, 0.5) is 5.82 Å². The highest BCUT2D eigenvalue weighted by Gasteiger charge is 2.24. The first-order valence-corrected chi connectivity index (χ1v) is 11.7. The summed E-state index contributed by atoms with van der Waals surface area (Å²) in [6, 6.07) is 15.5. The Labute approximate surface area is 190 Å². The van der Waals surface area contributed by atoms with Gasteiger partial charge in [0.1, 0.15) is 5.75 Å². The third-order valence-corrected chi connectivity index (χ3v) is 5.95. The van der Waals surface area contributed by atoms with Gasteiger partial charge in [-0.05, 0) is 49.7 Å². The van der Waals surface area contributed by atoms with Gasteiger partial charge in [0.15, 0.2) is 5.82 Å². The van der Waals surface area contributed by atoms with Gasteiger partial charge in [-0.2, -0.15) is 0 Å². The minimum absolute atomic E-state index is 0.0699. The van der Waals surface area contributed by atoms with Crippen molar-refractivity contribution in [2.45, 2.75) is 39.5 Å². The Kier molecular flexibility index (Phi) is 7.20. The number of benzene rings is 2. The number of carbonyl (C=O) groups excluding carboxylic acids is 1. The molecular weight excluding hydrogens is 400 g/mol. The van der Waals surface area contributed by atoms with E-state index in [1.807, 2.05) is 60.4 Å². The summed E-state index contributed by atoms with van der Waals surface area (Å²) in [7, 11) is 0. The number of piperazine rings is 1. The van der Waals surface area contributed by atoms with Crippen molar-refractivity contribution < 1.29 is 9.53 Å². The van der Waals surface area contributed by atoms with Crippen LogP contribution in [-0.2, 0) is 0 Å². The zero-order valence-electron chi connectivity index (χ0n) is 19.1. The van der Waals surface area contributed by atoms with E-state index >= 15 is 0 Å². The van der Waals surface area contributed by atoms with Gasteiger partial charge >= 0.3 is 0 Å². The summed E-state index contributed by atoms with van der Waals surface area (Å²) in [5.41, 5.74) is 3.45. The minimum atomic E-state index is 0.0699. The van der Waals surface area contributed by atoms with E-state index in [9.17, 15) is 4.79 Å². The maximum Gasteiger partial charge on any atom is 0.253 e. The topological polar surface area (TPSA) is 58.6 Å². The average molecular weight is 433 g/mol. The molecule has 0 unspecified atom stereocenters. The van der Waals surface area contributed by atoms with Gasteiger partial charge in [0.25, 0.3) is 5.91 Å². The van der Waals surface area contributed by atoms with E-state index in [2.05, 4.69) is 11.8 Å². The number of para-hydroxylation sites is 2. The van der Waals surface area contributed by atoms with Crippen molar-refractivity contribution in [2.75, 3.05) is 37.7 Å². The number of hydrogen-bond donors (Lipinski definition) is 0. The van der Waals surface area contributed by atoms with Gasteiger partial charge in [0, 0.05) is 31.7 Å². The van der Waals surface area contributed by atoms with Crippen LogP contribution in [0.2, 0.25) is 0 Å². The van der Waals surface area contributed by atoms with Crippen molar-refractivity contribution in [2.24, 2.45) is 0 Å². The van der Waals surface area contributed by atoms with Crippen molar-refractivity contribution in [3.05, 3.63) is 59.8 Å². The van der Waals surface area contributed by atoms with E-state index in [4.69, 9.17) is 14.7 Å². The van der Waals surface area contributed by atoms with Gasteiger partial charge in [-0.1, -0.05) is 38.3 Å². The van der Waals surface area contributed by atoms with E-state index < -0.39 is 0 Å². The van der Waals surface area contributed by atoms with Crippen LogP contribution in [-0.4, -0.2) is 53.6 Å². The molecule has 3 aromatic rings. The molecular formula is C26H32N4O2. The third kappa shape index (κ3) is 5.18. The molecule has 0 bridgehead atoms.